The Hall–Kier alpha value is -0.960. The van der Waals surface area contributed by atoms with Gasteiger partial charge in [0.25, 0.3) is 0 Å². The average molecular weight is 522 g/mol. The van der Waals surface area contributed by atoms with E-state index in [1.165, 1.54) is 0 Å². The Morgan fingerprint density at radius 2 is 0.923 bits per heavy atom. The number of hydrogen-bond acceptors (Lipinski definition) is 0. The molecule has 0 atom stereocenters. The smallest absolute Gasteiger partial charge is 0.194 e. The molecule has 0 saturated heterocycles. The van der Waals surface area contributed by atoms with E-state index >= 15 is 0 Å². The van der Waals surface area contributed by atoms with E-state index in [1.807, 2.05) is 0 Å². The summed E-state index contributed by atoms with van der Waals surface area (Å²) in [6.07, 6.45) is -7.41. The van der Waals surface area contributed by atoms with Crippen molar-refractivity contribution in [1.29, 1.82) is 0 Å². The molecule has 1 rings (SSSR count). The molecule has 0 aromatic heterocycles. The van der Waals surface area contributed by atoms with Crippen LogP contribution in [-0.2, 0) is 5.92 Å². The van der Waals surface area contributed by atoms with Crippen LogP contribution in [0.1, 0.15) is 5.56 Å². The highest BCUT2D eigenvalue weighted by atomic mass is 127. The van der Waals surface area contributed by atoms with Gasteiger partial charge in [0, 0.05) is 9.13 Å². The minimum absolute atomic E-state index is 0.103. The van der Waals surface area contributed by atoms with Crippen LogP contribution in [0, 0.1) is 3.57 Å². The van der Waals surface area contributed by atoms with E-state index < -0.39 is 44.9 Å². The summed E-state index contributed by atoms with van der Waals surface area (Å²) >= 11 is 0.930. The fourth-order valence-electron chi connectivity index (χ4n) is 1.65. The van der Waals surface area contributed by atoms with Gasteiger partial charge >= 0.3 is 35.8 Å². The van der Waals surface area contributed by atoms with Crippen molar-refractivity contribution in [3.05, 3.63) is 33.4 Å². The van der Waals surface area contributed by atoms with Gasteiger partial charge in [0.15, 0.2) is 0 Å². The minimum Gasteiger partial charge on any atom is -0.194 e. The molecule has 0 aliphatic carbocycles. The first-order valence-corrected chi connectivity index (χ1v) is 7.05. The largest absolute Gasteiger partial charge is 0.460 e. The van der Waals surface area contributed by atoms with Crippen molar-refractivity contribution < 1.29 is 57.1 Å². The lowest BCUT2D eigenvalue weighted by molar-refractivity contribution is -0.441. The van der Waals surface area contributed by atoms with Crippen LogP contribution < -0.4 is 0 Å². The molecule has 0 aliphatic heterocycles. The van der Waals surface area contributed by atoms with Crippen molar-refractivity contribution in [2.45, 2.75) is 35.8 Å². The number of halogens is 14. The van der Waals surface area contributed by atoms with Crippen LogP contribution in [0.2, 0.25) is 0 Å². The van der Waals surface area contributed by atoms with Gasteiger partial charge < -0.3 is 0 Å². The van der Waals surface area contributed by atoms with E-state index in [9.17, 15) is 57.1 Å². The SMILES string of the molecule is FC(F)(F)C(F)(F)C(F)(F)C(F)(F)C(F)(F)C(F)(F)c1ccccc1I. The van der Waals surface area contributed by atoms with Crippen molar-refractivity contribution in [2.75, 3.05) is 0 Å². The molecule has 0 N–H and O–H groups in total. The molecular weight excluding hydrogens is 518 g/mol. The fraction of sp³-hybridized carbons (Fsp3) is 0.500. The van der Waals surface area contributed by atoms with Gasteiger partial charge in [-0.15, -0.1) is 0 Å². The highest BCUT2D eigenvalue weighted by molar-refractivity contribution is 14.1. The second-order valence-corrected chi connectivity index (χ2v) is 6.01. The molecule has 0 bridgehead atoms. The monoisotopic (exact) mass is 522 g/mol. The molecule has 0 nitrogen and oxygen atoms in total. The van der Waals surface area contributed by atoms with Crippen molar-refractivity contribution in [2.24, 2.45) is 0 Å². The molecule has 1 aromatic carbocycles. The summed E-state index contributed by atoms with van der Waals surface area (Å²) in [6, 6.07) is 2.35. The average Bonchev–Trinajstić information content (AvgIpc) is 2.45. The molecule has 14 heteroatoms. The van der Waals surface area contributed by atoms with E-state index in [1.54, 1.807) is 0 Å². The van der Waals surface area contributed by atoms with E-state index in [0.29, 0.717) is 12.1 Å². The highest BCUT2D eigenvalue weighted by Gasteiger charge is 2.90. The molecule has 0 amide bonds. The summed E-state index contributed by atoms with van der Waals surface area (Å²) < 4.78 is 168. The summed E-state index contributed by atoms with van der Waals surface area (Å²) in [6.45, 7) is 0. The van der Waals surface area contributed by atoms with E-state index in [-0.39, 0.29) is 6.07 Å². The van der Waals surface area contributed by atoms with Crippen molar-refractivity contribution >= 4 is 22.6 Å². The number of hydrogen-bond donors (Lipinski definition) is 0. The van der Waals surface area contributed by atoms with Gasteiger partial charge in [0.2, 0.25) is 0 Å². The van der Waals surface area contributed by atoms with Crippen molar-refractivity contribution in [1.82, 2.24) is 0 Å². The number of rotatable bonds is 5. The second kappa shape index (κ2) is 6.29. The lowest BCUT2D eigenvalue weighted by Crippen LogP contribution is -2.69. The van der Waals surface area contributed by atoms with Gasteiger partial charge in [0.1, 0.15) is 0 Å². The van der Waals surface area contributed by atoms with Crippen LogP contribution in [0.25, 0.3) is 0 Å². The zero-order valence-corrected chi connectivity index (χ0v) is 13.8. The third-order valence-electron chi connectivity index (χ3n) is 3.15. The molecular formula is C12H4F13I. The number of benzene rings is 1. The molecule has 1 aromatic rings. The topological polar surface area (TPSA) is 0 Å². The Labute approximate surface area is 149 Å². The summed E-state index contributed by atoms with van der Waals surface area (Å²) in [4.78, 5) is 0. The zero-order chi connectivity index (χ0) is 21.0. The van der Waals surface area contributed by atoms with Gasteiger partial charge in [-0.05, 0) is 28.7 Å². The summed E-state index contributed by atoms with van der Waals surface area (Å²) in [7, 11) is 0. The predicted octanol–water partition coefficient (Wildman–Crippen LogP) is 6.49. The molecule has 0 unspecified atom stereocenters. The Kier molecular flexibility index (Phi) is 5.58. The summed E-state index contributed by atoms with van der Waals surface area (Å²) in [5.41, 5.74) is -1.96. The summed E-state index contributed by atoms with van der Waals surface area (Å²) in [5, 5.41) is 0. The first-order valence-electron chi connectivity index (χ1n) is 5.97. The van der Waals surface area contributed by atoms with Crippen LogP contribution in [0.5, 0.6) is 0 Å². The van der Waals surface area contributed by atoms with Crippen LogP contribution in [0.4, 0.5) is 57.1 Å². The minimum atomic E-state index is -7.88. The Morgan fingerprint density at radius 1 is 0.538 bits per heavy atom. The molecule has 150 valence electrons. The van der Waals surface area contributed by atoms with Gasteiger partial charge in [-0.25, -0.2) is 0 Å². The standard InChI is InChI=1S/C12H4F13I/c13-7(14,5-3-1-2-4-6(5)26)8(15,16)9(17,18)10(19,20)11(21,22)12(23,24)25/h1-4H. The zero-order valence-electron chi connectivity index (χ0n) is 11.6. The molecule has 0 fully saturated rings. The van der Waals surface area contributed by atoms with Crippen LogP contribution in [-0.4, -0.2) is 29.9 Å². The predicted molar refractivity (Wildman–Crippen MR) is 68.9 cm³/mol. The molecule has 0 aliphatic rings. The Morgan fingerprint density at radius 3 is 1.31 bits per heavy atom. The lowest BCUT2D eigenvalue weighted by Gasteiger charge is -2.40. The van der Waals surface area contributed by atoms with E-state index in [4.69, 9.17) is 0 Å². The second-order valence-electron chi connectivity index (χ2n) is 4.85. The van der Waals surface area contributed by atoms with Crippen LogP contribution in [0.15, 0.2) is 24.3 Å². The van der Waals surface area contributed by atoms with Crippen LogP contribution in [0.3, 0.4) is 0 Å². The van der Waals surface area contributed by atoms with Gasteiger partial charge in [-0.3, -0.25) is 0 Å². The van der Waals surface area contributed by atoms with Crippen LogP contribution >= 0.6 is 22.6 Å². The maximum absolute atomic E-state index is 13.8. The first kappa shape index (κ1) is 23.1. The highest BCUT2D eigenvalue weighted by Crippen LogP contribution is 2.62. The lowest BCUT2D eigenvalue weighted by atomic mass is 9.90. The van der Waals surface area contributed by atoms with Gasteiger partial charge in [-0.1, -0.05) is 18.2 Å². The molecule has 0 spiro atoms. The molecule has 26 heavy (non-hydrogen) atoms. The molecule has 0 heterocycles. The quantitative estimate of drug-likeness (QED) is 0.307. The first-order chi connectivity index (χ1) is 11.3. The van der Waals surface area contributed by atoms with Gasteiger partial charge in [-0.2, -0.15) is 57.1 Å². The van der Waals surface area contributed by atoms with Crippen molar-refractivity contribution in [3.63, 3.8) is 0 Å². The third kappa shape index (κ3) is 3.00. The Bertz CT molecular complexity index is 661. The summed E-state index contributed by atoms with van der Waals surface area (Å²) in [5.74, 6) is -36.9. The van der Waals surface area contributed by atoms with E-state index in [0.717, 1.165) is 28.7 Å². The van der Waals surface area contributed by atoms with Crippen molar-refractivity contribution in [3.8, 4) is 0 Å². The normalized spacial score (nSPS) is 15.3. The number of alkyl halides is 13. The fourth-order valence-corrected chi connectivity index (χ4v) is 2.38. The Balaban J connectivity index is 3.61. The maximum atomic E-state index is 13.8. The van der Waals surface area contributed by atoms with Gasteiger partial charge in [0.05, 0.1) is 0 Å². The molecule has 0 saturated carbocycles. The van der Waals surface area contributed by atoms with E-state index in [2.05, 4.69) is 0 Å². The molecule has 0 radical (unpaired) electrons. The third-order valence-corrected chi connectivity index (χ3v) is 4.09. The maximum Gasteiger partial charge on any atom is 0.460 e.